The minimum Gasteiger partial charge on any atom is -0.273 e. The van der Waals surface area contributed by atoms with Gasteiger partial charge in [-0.1, -0.05) is 0 Å². The van der Waals surface area contributed by atoms with Gasteiger partial charge in [0.05, 0.1) is 11.5 Å². The van der Waals surface area contributed by atoms with Crippen LogP contribution in [0.25, 0.3) is 0 Å². The molecule has 0 unspecified atom stereocenters. The SMILES string of the molecule is CSCCONC(=O)c1sccc1C. The Morgan fingerprint density at radius 3 is 3.07 bits per heavy atom. The summed E-state index contributed by atoms with van der Waals surface area (Å²) >= 11 is 3.10. The molecule has 0 saturated carbocycles. The lowest BCUT2D eigenvalue weighted by Crippen LogP contribution is -2.24. The number of amides is 1. The second-order valence-electron chi connectivity index (χ2n) is 2.71. The zero-order chi connectivity index (χ0) is 10.4. The van der Waals surface area contributed by atoms with Gasteiger partial charge < -0.3 is 0 Å². The van der Waals surface area contributed by atoms with E-state index < -0.39 is 0 Å². The fraction of sp³-hybridized carbons (Fsp3) is 0.444. The predicted octanol–water partition coefficient (Wildman–Crippen LogP) is 2.08. The van der Waals surface area contributed by atoms with E-state index in [4.69, 9.17) is 4.84 Å². The molecule has 0 aliphatic heterocycles. The first-order chi connectivity index (χ1) is 6.75. The molecular weight excluding hydrogens is 218 g/mol. The van der Waals surface area contributed by atoms with E-state index in [9.17, 15) is 4.79 Å². The maximum Gasteiger partial charge on any atom is 0.285 e. The first-order valence-electron chi connectivity index (χ1n) is 4.21. The fourth-order valence-corrected chi connectivity index (χ4v) is 1.95. The third kappa shape index (κ3) is 3.32. The number of hydrogen-bond acceptors (Lipinski definition) is 4. The van der Waals surface area contributed by atoms with Crippen molar-refractivity contribution in [1.29, 1.82) is 0 Å². The highest BCUT2D eigenvalue weighted by Gasteiger charge is 2.09. The summed E-state index contributed by atoms with van der Waals surface area (Å²) in [6.07, 6.45) is 1.99. The van der Waals surface area contributed by atoms with Crippen LogP contribution in [-0.4, -0.2) is 24.5 Å². The summed E-state index contributed by atoms with van der Waals surface area (Å²) in [5.74, 6) is 0.725. The second kappa shape index (κ2) is 6.06. The maximum absolute atomic E-state index is 11.5. The molecule has 78 valence electrons. The van der Waals surface area contributed by atoms with Crippen LogP contribution >= 0.6 is 23.1 Å². The molecule has 0 radical (unpaired) electrons. The van der Waals surface area contributed by atoms with Gasteiger partial charge in [0.1, 0.15) is 0 Å². The Bertz CT molecular complexity index is 299. The lowest BCUT2D eigenvalue weighted by molar-refractivity contribution is 0.0378. The number of thioether (sulfide) groups is 1. The summed E-state index contributed by atoms with van der Waals surface area (Å²) in [6, 6.07) is 1.92. The highest BCUT2D eigenvalue weighted by atomic mass is 32.2. The minimum absolute atomic E-state index is 0.154. The van der Waals surface area contributed by atoms with E-state index in [0.717, 1.165) is 11.3 Å². The summed E-state index contributed by atoms with van der Waals surface area (Å²) < 4.78 is 0. The minimum atomic E-state index is -0.154. The van der Waals surface area contributed by atoms with E-state index in [1.165, 1.54) is 11.3 Å². The Morgan fingerprint density at radius 2 is 2.50 bits per heavy atom. The molecule has 0 aromatic carbocycles. The Labute approximate surface area is 91.8 Å². The summed E-state index contributed by atoms with van der Waals surface area (Å²) in [7, 11) is 0. The van der Waals surface area contributed by atoms with Crippen molar-refractivity contribution in [2.75, 3.05) is 18.6 Å². The van der Waals surface area contributed by atoms with Gasteiger partial charge in [0.2, 0.25) is 0 Å². The van der Waals surface area contributed by atoms with E-state index in [1.54, 1.807) is 11.8 Å². The number of rotatable bonds is 5. The highest BCUT2D eigenvalue weighted by Crippen LogP contribution is 2.14. The van der Waals surface area contributed by atoms with Crippen LogP contribution in [0.4, 0.5) is 0 Å². The number of aryl methyl sites for hydroxylation is 1. The molecule has 0 aliphatic rings. The molecular formula is C9H13NO2S2. The molecule has 0 spiro atoms. The van der Waals surface area contributed by atoms with Crippen LogP contribution in [0, 0.1) is 6.92 Å². The van der Waals surface area contributed by atoms with Gasteiger partial charge in [0, 0.05) is 5.75 Å². The monoisotopic (exact) mass is 231 g/mol. The predicted molar refractivity (Wildman–Crippen MR) is 60.9 cm³/mol. The van der Waals surface area contributed by atoms with E-state index >= 15 is 0 Å². The molecule has 0 bridgehead atoms. The highest BCUT2D eigenvalue weighted by molar-refractivity contribution is 7.98. The van der Waals surface area contributed by atoms with Gasteiger partial charge in [0.15, 0.2) is 0 Å². The third-order valence-corrected chi connectivity index (χ3v) is 3.21. The van der Waals surface area contributed by atoms with E-state index in [-0.39, 0.29) is 5.91 Å². The summed E-state index contributed by atoms with van der Waals surface area (Å²) in [5.41, 5.74) is 3.41. The average molecular weight is 231 g/mol. The molecule has 1 aromatic rings. The Kier molecular flexibility index (Phi) is 5.00. The number of hydroxylamine groups is 1. The van der Waals surface area contributed by atoms with E-state index in [2.05, 4.69) is 5.48 Å². The summed E-state index contributed by atoms with van der Waals surface area (Å²) in [5, 5.41) is 1.89. The molecule has 1 aromatic heterocycles. The number of carbonyl (C=O) groups is 1. The summed E-state index contributed by atoms with van der Waals surface area (Å²) in [6.45, 7) is 2.45. The van der Waals surface area contributed by atoms with Crippen molar-refractivity contribution < 1.29 is 9.63 Å². The topological polar surface area (TPSA) is 38.3 Å². The van der Waals surface area contributed by atoms with Gasteiger partial charge >= 0.3 is 0 Å². The van der Waals surface area contributed by atoms with Crippen molar-refractivity contribution >= 4 is 29.0 Å². The Balaban J connectivity index is 2.32. The molecule has 1 amide bonds. The molecule has 14 heavy (non-hydrogen) atoms. The largest absolute Gasteiger partial charge is 0.285 e. The van der Waals surface area contributed by atoms with Crippen LogP contribution in [-0.2, 0) is 4.84 Å². The maximum atomic E-state index is 11.5. The number of hydrogen-bond donors (Lipinski definition) is 1. The molecule has 0 aliphatic carbocycles. The van der Waals surface area contributed by atoms with Crippen LogP contribution in [0.2, 0.25) is 0 Å². The molecule has 0 fully saturated rings. The zero-order valence-corrected chi connectivity index (χ0v) is 9.83. The average Bonchev–Trinajstić information content (AvgIpc) is 2.59. The molecule has 0 saturated heterocycles. The zero-order valence-electron chi connectivity index (χ0n) is 8.20. The van der Waals surface area contributed by atoms with Gasteiger partial charge in [0.25, 0.3) is 5.91 Å². The van der Waals surface area contributed by atoms with Crippen LogP contribution in [0.1, 0.15) is 15.2 Å². The number of thiophene rings is 1. The smallest absolute Gasteiger partial charge is 0.273 e. The standard InChI is InChI=1S/C9H13NO2S2/c1-7-3-5-14-8(7)9(11)10-12-4-6-13-2/h3,5H,4,6H2,1-2H3,(H,10,11). The fourth-order valence-electron chi connectivity index (χ4n) is 0.893. The second-order valence-corrected chi connectivity index (χ2v) is 4.61. The Morgan fingerprint density at radius 1 is 1.71 bits per heavy atom. The van der Waals surface area contributed by atoms with Crippen LogP contribution in [0.3, 0.4) is 0 Å². The molecule has 0 atom stereocenters. The van der Waals surface area contributed by atoms with Crippen LogP contribution in [0.5, 0.6) is 0 Å². The normalized spacial score (nSPS) is 10.1. The molecule has 1 N–H and O–H groups in total. The lowest BCUT2D eigenvalue weighted by Gasteiger charge is -2.03. The Hall–Kier alpha value is -0.520. The van der Waals surface area contributed by atoms with Crippen molar-refractivity contribution in [2.45, 2.75) is 6.92 Å². The first-order valence-corrected chi connectivity index (χ1v) is 6.48. The van der Waals surface area contributed by atoms with Crippen molar-refractivity contribution in [3.63, 3.8) is 0 Å². The van der Waals surface area contributed by atoms with Crippen molar-refractivity contribution in [3.8, 4) is 0 Å². The lowest BCUT2D eigenvalue weighted by atomic mass is 10.3. The van der Waals surface area contributed by atoms with Gasteiger partial charge in [-0.25, -0.2) is 5.48 Å². The van der Waals surface area contributed by atoms with Crippen LogP contribution in [0.15, 0.2) is 11.4 Å². The quantitative estimate of drug-likeness (QED) is 0.623. The molecule has 3 nitrogen and oxygen atoms in total. The molecule has 5 heteroatoms. The first kappa shape index (κ1) is 11.6. The third-order valence-electron chi connectivity index (χ3n) is 1.62. The van der Waals surface area contributed by atoms with Gasteiger partial charge in [-0.2, -0.15) is 11.8 Å². The van der Waals surface area contributed by atoms with E-state index in [0.29, 0.717) is 11.5 Å². The van der Waals surface area contributed by atoms with Crippen molar-refractivity contribution in [2.24, 2.45) is 0 Å². The summed E-state index contributed by atoms with van der Waals surface area (Å²) in [4.78, 5) is 17.2. The number of carbonyl (C=O) groups excluding carboxylic acids is 1. The van der Waals surface area contributed by atoms with E-state index in [1.807, 2.05) is 24.6 Å². The number of nitrogens with one attached hydrogen (secondary N) is 1. The molecule has 1 heterocycles. The van der Waals surface area contributed by atoms with Crippen LogP contribution < -0.4 is 5.48 Å². The van der Waals surface area contributed by atoms with Gasteiger partial charge in [-0.15, -0.1) is 11.3 Å². The van der Waals surface area contributed by atoms with Crippen molar-refractivity contribution in [3.05, 3.63) is 21.9 Å². The molecule has 1 rings (SSSR count). The van der Waals surface area contributed by atoms with Gasteiger partial charge in [-0.3, -0.25) is 9.63 Å². The van der Waals surface area contributed by atoms with Gasteiger partial charge in [-0.05, 0) is 30.2 Å². The van der Waals surface area contributed by atoms with Crippen molar-refractivity contribution in [1.82, 2.24) is 5.48 Å².